The maximum absolute atomic E-state index is 7.17. The lowest BCUT2D eigenvalue weighted by Crippen LogP contribution is -2.07. The van der Waals surface area contributed by atoms with Gasteiger partial charge in [-0.05, 0) is 12.1 Å². The highest BCUT2D eigenvalue weighted by Crippen LogP contribution is 1.72. The predicted octanol–water partition coefficient (Wildman–Crippen LogP) is -1.04. The third-order valence-electron chi connectivity index (χ3n) is 0.496. The fourth-order valence-corrected chi connectivity index (χ4v) is 0.278. The molecule has 0 amide bonds. The van der Waals surface area contributed by atoms with Gasteiger partial charge < -0.3 is 20.1 Å². The smallest absolute Gasteiger partial charge is 0.402 e. The number of rotatable bonds is 0. The lowest BCUT2D eigenvalue weighted by Gasteiger charge is -1.69. The monoisotopic (exact) mass is 129 g/mol. The normalized spacial score (nSPS) is 7.44. The van der Waals surface area contributed by atoms with E-state index in [4.69, 9.17) is 15.1 Å². The Labute approximate surface area is 53.0 Å². The van der Waals surface area contributed by atoms with Crippen molar-refractivity contribution in [3.8, 4) is 0 Å². The quantitative estimate of drug-likeness (QED) is 0.338. The van der Waals surface area contributed by atoms with Gasteiger partial charge in [0.1, 0.15) is 0 Å². The summed E-state index contributed by atoms with van der Waals surface area (Å²) in [6.07, 6.45) is 3.75. The van der Waals surface area contributed by atoms with E-state index in [0.29, 0.717) is 0 Å². The first-order valence-electron chi connectivity index (χ1n) is 2.35. The van der Waals surface area contributed by atoms with Gasteiger partial charge in [-0.25, -0.2) is 0 Å². The van der Waals surface area contributed by atoms with Gasteiger partial charge in [-0.2, -0.15) is 0 Å². The first-order valence-corrected chi connectivity index (χ1v) is 2.35. The van der Waals surface area contributed by atoms with Gasteiger partial charge in [0.2, 0.25) is 0 Å². The first kappa shape index (κ1) is 8.22. The highest BCUT2D eigenvalue weighted by atomic mass is 16.5. The molecule has 0 bridgehead atoms. The summed E-state index contributed by atoms with van der Waals surface area (Å²) in [6, 6.07) is 3.89. The number of nitrogens with one attached hydrogen (secondary N) is 1. The van der Waals surface area contributed by atoms with Gasteiger partial charge in [0, 0.05) is 12.4 Å². The molecule has 9 heavy (non-hydrogen) atoms. The Kier molecular flexibility index (Phi) is 4.90. The average molecular weight is 129 g/mol. The van der Waals surface area contributed by atoms with Crippen LogP contribution in [0, 0.1) is 0 Å². The van der Waals surface area contributed by atoms with Gasteiger partial charge in [0.05, 0.1) is 0 Å². The summed E-state index contributed by atoms with van der Waals surface area (Å²) in [6.45, 7) is 0. The SMILES string of the molecule is OB(O)O.c1cc[nH]c1. The molecule has 0 radical (unpaired) electrons. The lowest BCUT2D eigenvalue weighted by atomic mass is 10.3. The van der Waals surface area contributed by atoms with Crippen molar-refractivity contribution in [3.63, 3.8) is 0 Å². The van der Waals surface area contributed by atoms with Crippen LogP contribution >= 0.6 is 0 Å². The average Bonchev–Trinajstić information content (AvgIpc) is 2.11. The van der Waals surface area contributed by atoms with Gasteiger partial charge in [-0.15, -0.1) is 0 Å². The minimum Gasteiger partial charge on any atom is -0.402 e. The Morgan fingerprint density at radius 1 is 1.00 bits per heavy atom. The molecule has 0 fully saturated rings. The summed E-state index contributed by atoms with van der Waals surface area (Å²) in [4.78, 5) is 2.86. The zero-order valence-corrected chi connectivity index (χ0v) is 4.73. The Morgan fingerprint density at radius 3 is 1.44 bits per heavy atom. The number of aromatic amines is 1. The van der Waals surface area contributed by atoms with Crippen molar-refractivity contribution in [1.82, 2.24) is 4.98 Å². The number of hydrogen-bond donors (Lipinski definition) is 4. The van der Waals surface area contributed by atoms with Crippen molar-refractivity contribution in [2.75, 3.05) is 0 Å². The summed E-state index contributed by atoms with van der Waals surface area (Å²) < 4.78 is 0. The topological polar surface area (TPSA) is 76.5 Å². The highest BCUT2D eigenvalue weighted by Gasteiger charge is 1.92. The maximum atomic E-state index is 7.17. The van der Waals surface area contributed by atoms with Crippen LogP contribution in [0.4, 0.5) is 0 Å². The standard InChI is InChI=1S/C4H5N.BH3O3/c1-2-4-5-3-1;2-1(3)4/h1-5H;2-4H. The van der Waals surface area contributed by atoms with Crippen molar-refractivity contribution >= 4 is 7.32 Å². The Balaban J connectivity index is 0.000000148. The van der Waals surface area contributed by atoms with Crippen molar-refractivity contribution in [1.29, 1.82) is 0 Å². The van der Waals surface area contributed by atoms with Crippen LogP contribution in [-0.2, 0) is 0 Å². The van der Waals surface area contributed by atoms with Gasteiger partial charge in [-0.3, -0.25) is 0 Å². The maximum Gasteiger partial charge on any atom is 0.631 e. The Morgan fingerprint density at radius 2 is 1.33 bits per heavy atom. The minimum absolute atomic E-state index is 1.88. The molecular weight excluding hydrogens is 121 g/mol. The van der Waals surface area contributed by atoms with Crippen LogP contribution in [0.3, 0.4) is 0 Å². The summed E-state index contributed by atoms with van der Waals surface area (Å²) in [5.41, 5.74) is 0. The molecule has 5 heteroatoms. The molecule has 0 aliphatic rings. The molecule has 1 aromatic rings. The van der Waals surface area contributed by atoms with Gasteiger partial charge in [-0.1, -0.05) is 0 Å². The first-order chi connectivity index (χ1) is 4.23. The molecule has 0 aliphatic carbocycles. The molecule has 0 unspecified atom stereocenters. The Hall–Kier alpha value is -0.775. The van der Waals surface area contributed by atoms with E-state index in [-0.39, 0.29) is 0 Å². The van der Waals surface area contributed by atoms with E-state index >= 15 is 0 Å². The molecule has 0 atom stereocenters. The zero-order chi connectivity index (χ0) is 7.11. The molecule has 0 aliphatic heterocycles. The van der Waals surface area contributed by atoms with E-state index in [2.05, 4.69) is 4.98 Å². The van der Waals surface area contributed by atoms with E-state index in [1.54, 1.807) is 0 Å². The van der Waals surface area contributed by atoms with Crippen molar-refractivity contribution in [2.45, 2.75) is 0 Å². The Bertz CT molecular complexity index is 99.4. The highest BCUT2D eigenvalue weighted by molar-refractivity contribution is 6.30. The van der Waals surface area contributed by atoms with Gasteiger partial charge >= 0.3 is 7.32 Å². The van der Waals surface area contributed by atoms with E-state index in [1.807, 2.05) is 24.5 Å². The van der Waals surface area contributed by atoms with Crippen LogP contribution in [0.5, 0.6) is 0 Å². The summed E-state index contributed by atoms with van der Waals surface area (Å²) in [5.74, 6) is 0. The van der Waals surface area contributed by atoms with Crippen LogP contribution in [-0.4, -0.2) is 27.4 Å². The van der Waals surface area contributed by atoms with Crippen LogP contribution in [0.1, 0.15) is 0 Å². The molecule has 1 rings (SSSR count). The van der Waals surface area contributed by atoms with Gasteiger partial charge in [0.25, 0.3) is 0 Å². The van der Waals surface area contributed by atoms with E-state index in [0.717, 1.165) is 0 Å². The van der Waals surface area contributed by atoms with Crippen molar-refractivity contribution < 1.29 is 15.1 Å². The molecule has 4 nitrogen and oxygen atoms in total. The van der Waals surface area contributed by atoms with Crippen LogP contribution in [0.25, 0.3) is 0 Å². The van der Waals surface area contributed by atoms with Crippen molar-refractivity contribution in [2.24, 2.45) is 0 Å². The molecule has 0 spiro atoms. The largest absolute Gasteiger partial charge is 0.631 e. The van der Waals surface area contributed by atoms with Crippen LogP contribution in [0.2, 0.25) is 0 Å². The predicted molar refractivity (Wildman–Crippen MR) is 33.2 cm³/mol. The molecular formula is C4H8BNO3. The zero-order valence-electron chi connectivity index (χ0n) is 4.73. The number of H-pyrrole nitrogens is 1. The number of aromatic nitrogens is 1. The number of hydrogen-bond acceptors (Lipinski definition) is 3. The molecule has 50 valence electrons. The van der Waals surface area contributed by atoms with Gasteiger partial charge in [0.15, 0.2) is 0 Å². The molecule has 1 aromatic heterocycles. The minimum atomic E-state index is -2.17. The molecule has 0 aromatic carbocycles. The second-order valence-electron chi connectivity index (χ2n) is 1.23. The van der Waals surface area contributed by atoms with Crippen molar-refractivity contribution in [3.05, 3.63) is 24.5 Å². The second-order valence-corrected chi connectivity index (χ2v) is 1.23. The van der Waals surface area contributed by atoms with E-state index in [9.17, 15) is 0 Å². The molecule has 0 saturated carbocycles. The third-order valence-corrected chi connectivity index (χ3v) is 0.496. The molecule has 0 saturated heterocycles. The van der Waals surface area contributed by atoms with E-state index < -0.39 is 7.32 Å². The van der Waals surface area contributed by atoms with E-state index in [1.165, 1.54) is 0 Å². The molecule has 4 N–H and O–H groups in total. The third kappa shape index (κ3) is 11.0. The van der Waals surface area contributed by atoms with Crippen LogP contribution in [0.15, 0.2) is 24.5 Å². The fourth-order valence-electron chi connectivity index (χ4n) is 0.278. The lowest BCUT2D eigenvalue weighted by molar-refractivity contribution is 0.278. The summed E-state index contributed by atoms with van der Waals surface area (Å²) in [5, 5.41) is 21.5. The summed E-state index contributed by atoms with van der Waals surface area (Å²) >= 11 is 0. The summed E-state index contributed by atoms with van der Waals surface area (Å²) in [7, 11) is -2.17. The van der Waals surface area contributed by atoms with Crippen LogP contribution < -0.4 is 0 Å². The molecule has 1 heterocycles. The second kappa shape index (κ2) is 5.36. The fraction of sp³-hybridized carbons (Fsp3) is 0.